The van der Waals surface area contributed by atoms with Gasteiger partial charge in [0.1, 0.15) is 53.9 Å². The molecule has 3 N–H and O–H groups in total. The molecular formula is C77H124Cl2N12O13. The Morgan fingerprint density at radius 1 is 0.606 bits per heavy atom. The average Bonchev–Trinajstić information content (AvgIpc) is 0.938. The summed E-state index contributed by atoms with van der Waals surface area (Å²) >= 11 is 13.4. The molecule has 0 aromatic rings. The quantitative estimate of drug-likeness (QED) is 0.165. The monoisotopic (exact) mass is 1490 g/mol. The van der Waals surface area contributed by atoms with E-state index in [1.807, 2.05) is 46.8 Å². The lowest BCUT2D eigenvalue weighted by Crippen LogP contribution is -2.71. The van der Waals surface area contributed by atoms with E-state index >= 15 is 38.4 Å². The first-order valence-electron chi connectivity index (χ1n) is 39.0. The van der Waals surface area contributed by atoms with Crippen LogP contribution in [-0.2, 0) is 62.3 Å². The number of amides is 12. The molecule has 11 aliphatic rings. The zero-order chi connectivity index (χ0) is 76.2. The Morgan fingerprint density at radius 2 is 1.24 bits per heavy atom. The number of nitrogens with zero attached hydrogens (tertiary/aromatic N) is 9. The van der Waals surface area contributed by atoms with Gasteiger partial charge >= 0.3 is 0 Å². The van der Waals surface area contributed by atoms with E-state index in [0.717, 1.165) is 64.2 Å². The Hall–Kier alpha value is -6.08. The van der Waals surface area contributed by atoms with Crippen molar-refractivity contribution in [1.29, 1.82) is 0 Å². The second-order valence-corrected chi connectivity index (χ2v) is 34.2. The molecule has 104 heavy (non-hydrogen) atoms. The van der Waals surface area contributed by atoms with Gasteiger partial charge in [0.15, 0.2) is 0 Å². The van der Waals surface area contributed by atoms with Crippen LogP contribution in [-0.4, -0.2) is 275 Å². The van der Waals surface area contributed by atoms with Crippen LogP contribution in [0.2, 0.25) is 0 Å². The molecule has 13 atom stereocenters. The number of nitrogens with one attached hydrogen (secondary N) is 3. The van der Waals surface area contributed by atoms with Crippen LogP contribution >= 0.6 is 23.2 Å². The van der Waals surface area contributed by atoms with Gasteiger partial charge in [-0.1, -0.05) is 117 Å². The summed E-state index contributed by atoms with van der Waals surface area (Å²) in [5.74, 6) is -7.28. The number of rotatable bonds is 9. The highest BCUT2D eigenvalue weighted by Crippen LogP contribution is 2.50. The third-order valence-electron chi connectivity index (χ3n) is 24.6. The molecular weight excluding hydrogens is 1370 g/mol. The fourth-order valence-electron chi connectivity index (χ4n) is 18.2. The summed E-state index contributed by atoms with van der Waals surface area (Å²) in [6.07, 6.45) is 17.0. The largest absolute Gasteiger partial charge is 0.377 e. The van der Waals surface area contributed by atoms with Crippen LogP contribution in [0.4, 0.5) is 0 Å². The predicted molar refractivity (Wildman–Crippen MR) is 397 cm³/mol. The molecule has 0 aromatic heterocycles. The van der Waals surface area contributed by atoms with Gasteiger partial charge in [0.25, 0.3) is 0 Å². The molecule has 0 aromatic carbocycles. The summed E-state index contributed by atoms with van der Waals surface area (Å²) < 4.78 is 6.18. The van der Waals surface area contributed by atoms with E-state index in [1.54, 1.807) is 11.9 Å². The first kappa shape index (κ1) is 83.6. The number of alkyl halides is 2. The molecule has 25 nitrogen and oxygen atoms in total. The van der Waals surface area contributed by atoms with Gasteiger partial charge in [0, 0.05) is 87.9 Å². The van der Waals surface area contributed by atoms with E-state index in [2.05, 4.69) is 16.0 Å². The highest BCUT2D eigenvalue weighted by molar-refractivity contribution is 6.30. The van der Waals surface area contributed by atoms with Gasteiger partial charge in [-0.05, 0) is 125 Å². The zero-order valence-corrected chi connectivity index (χ0v) is 66.1. The fraction of sp³-hybridized carbons (Fsp3) is 0.818. The van der Waals surface area contributed by atoms with Gasteiger partial charge in [-0.15, -0.1) is 23.2 Å². The van der Waals surface area contributed by atoms with E-state index in [9.17, 15) is 19.2 Å². The van der Waals surface area contributed by atoms with Crippen LogP contribution in [0.15, 0.2) is 12.2 Å². The van der Waals surface area contributed by atoms with Crippen molar-refractivity contribution >= 4 is 94.1 Å². The molecule has 0 radical (unpaired) electrons. The Labute approximate surface area is 628 Å². The van der Waals surface area contributed by atoms with Crippen molar-refractivity contribution in [2.24, 2.45) is 35.0 Å². The highest BCUT2D eigenvalue weighted by atomic mass is 35.5. The van der Waals surface area contributed by atoms with Crippen molar-refractivity contribution < 1.29 is 62.3 Å². The van der Waals surface area contributed by atoms with Gasteiger partial charge in [-0.25, -0.2) is 0 Å². The SMILES string of the molecule is CCO[C@@H]1C[C@H]2C(=O)NC3(CC(C)(C)C3)C(=O)N(C)[C@@H](C3CCCC3)C(=O)N(C)[C@H](C(=O)N(C)C)CC(=O)N(C)[C@H]3CCCCCCC4CCC(CC4)C[C@@H](C(=O)N(C)CC(=O)N[C@@H](CCC4CCC(Cl)C(Cl)C4)C(=O)N2C1)N1CC/C=C\C[C@@H](C1=O)N(C)C(=O)CN(C)C(=O)[C@H]([C@@H](C)CC)NC3=O. The Kier molecular flexibility index (Phi) is 29.9. The van der Waals surface area contributed by atoms with Crippen molar-refractivity contribution in [3.05, 3.63) is 12.2 Å². The summed E-state index contributed by atoms with van der Waals surface area (Å²) in [5, 5.41) is 8.64. The second-order valence-electron chi connectivity index (χ2n) is 33.1. The van der Waals surface area contributed by atoms with E-state index in [0.29, 0.717) is 70.1 Å². The molecule has 584 valence electrons. The number of carbonyl (C=O) groups is 12. The third-order valence-corrected chi connectivity index (χ3v) is 25.7. The summed E-state index contributed by atoms with van der Waals surface area (Å²) in [6, 6.07) is -9.46. The molecule has 6 saturated heterocycles. The second kappa shape index (κ2) is 37.2. The number of hydrogen-bond acceptors (Lipinski definition) is 13. The summed E-state index contributed by atoms with van der Waals surface area (Å²) in [5.41, 5.74) is -2.03. The molecule has 27 heteroatoms. The van der Waals surface area contributed by atoms with Crippen molar-refractivity contribution in [2.75, 3.05) is 89.2 Å². The molecule has 10 fully saturated rings. The smallest absolute Gasteiger partial charge is 0.248 e. The van der Waals surface area contributed by atoms with Crippen LogP contribution in [0.5, 0.6) is 0 Å². The molecule has 4 saturated carbocycles. The van der Waals surface area contributed by atoms with Crippen molar-refractivity contribution in [3.63, 3.8) is 0 Å². The molecule has 6 bridgehead atoms. The minimum atomic E-state index is -1.57. The number of hydrogen-bond donors (Lipinski definition) is 3. The highest BCUT2D eigenvalue weighted by Gasteiger charge is 2.59. The maximum absolute atomic E-state index is 15.8. The molecule has 7 aliphatic heterocycles. The summed E-state index contributed by atoms with van der Waals surface area (Å²) in [7, 11) is 12.0. The third kappa shape index (κ3) is 20.4. The molecule has 11 rings (SSSR count). The van der Waals surface area contributed by atoms with Gasteiger partial charge in [0.05, 0.1) is 31.0 Å². The minimum Gasteiger partial charge on any atom is -0.377 e. The maximum atomic E-state index is 15.8. The van der Waals surface area contributed by atoms with Gasteiger partial charge in [-0.3, -0.25) is 57.5 Å². The maximum Gasteiger partial charge on any atom is 0.248 e. The van der Waals surface area contributed by atoms with Gasteiger partial charge < -0.3 is 64.8 Å². The Morgan fingerprint density at radius 3 is 1.88 bits per heavy atom. The lowest BCUT2D eigenvalue weighted by Gasteiger charge is -2.54. The first-order valence-corrected chi connectivity index (χ1v) is 39.9. The van der Waals surface area contributed by atoms with Crippen molar-refractivity contribution in [1.82, 2.24) is 60.0 Å². The topological polar surface area (TPSA) is 279 Å². The molecule has 3 unspecified atom stereocenters. The van der Waals surface area contributed by atoms with E-state index < -0.39 is 162 Å². The van der Waals surface area contributed by atoms with Gasteiger partial charge in [0.2, 0.25) is 70.9 Å². The Bertz CT molecular complexity index is 3100. The van der Waals surface area contributed by atoms with E-state index in [-0.39, 0.29) is 86.7 Å². The number of carbonyl (C=O) groups excluding carboxylic acids is 12. The lowest BCUT2D eigenvalue weighted by atomic mass is 9.58. The minimum absolute atomic E-state index is 0.0218. The molecule has 7 heterocycles. The summed E-state index contributed by atoms with van der Waals surface area (Å²) in [6.45, 7) is 8.84. The first-order chi connectivity index (χ1) is 49.2. The van der Waals surface area contributed by atoms with Crippen molar-refractivity contribution in [3.8, 4) is 0 Å². The van der Waals surface area contributed by atoms with Crippen LogP contribution < -0.4 is 16.0 Å². The number of likely N-dealkylation sites (N-methyl/N-ethyl adjacent to an activating group) is 7. The van der Waals surface area contributed by atoms with Crippen LogP contribution in [0.3, 0.4) is 0 Å². The zero-order valence-electron chi connectivity index (χ0n) is 64.6. The van der Waals surface area contributed by atoms with Crippen LogP contribution in [0.1, 0.15) is 208 Å². The van der Waals surface area contributed by atoms with Crippen LogP contribution in [0, 0.1) is 35.0 Å². The normalized spacial score (nSPS) is 33.1. The average molecular weight is 1500 g/mol. The van der Waals surface area contributed by atoms with Gasteiger partial charge in [-0.2, -0.15) is 0 Å². The fourth-order valence-corrected chi connectivity index (χ4v) is 18.9. The van der Waals surface area contributed by atoms with E-state index in [1.165, 1.54) is 88.5 Å². The molecule has 1 spiro atoms. The summed E-state index contributed by atoms with van der Waals surface area (Å²) in [4.78, 5) is 196. The van der Waals surface area contributed by atoms with E-state index in [4.69, 9.17) is 27.9 Å². The standard InChI is InChI=1S/C77H124Cl2N12O13/c1-14-48(3)65-73(101)85(9)45-64(94)87(11)58-29-21-18-24-38-90(72(58)100)61-40-51-32-30-49(31-33-51)25-19-16-17-20-28-57(67(95)81-65)86(10)63(93)42-60(70(98)83(6)7)88(12)74(102)66(52-26-22-23-27-52)89(13)75(103)77(46-76(4,5)47-77)82-68(96)59-41-53(104-15-2)43-91(59)69(97)56(80-62(92)44-84(8)71(61)99)37-35-50-34-36-54(78)55(79)39-50/h18,21,48-61,65-66H,14-17,19-20,22-47H2,1-13H3,(H,80,92)(H,81,95)(H,82,96)/b21-18-/t48-,49?,50?,51?,53+,54?,55?,56-,57-,58-,59-,60-,61-,65-,66-/m0/s1. The lowest BCUT2D eigenvalue weighted by molar-refractivity contribution is -0.161. The van der Waals surface area contributed by atoms with Crippen LogP contribution in [0.25, 0.3) is 0 Å². The predicted octanol–water partition coefficient (Wildman–Crippen LogP) is 6.48. The van der Waals surface area contributed by atoms with Crippen molar-refractivity contribution in [2.45, 2.75) is 279 Å². The molecule has 4 aliphatic carbocycles. The molecule has 12 amide bonds. The Balaban J connectivity index is 1.24. The number of halogens is 2. The number of ether oxygens (including phenoxy) is 1.